The number of hydrogen-bond acceptors (Lipinski definition) is 2. The number of nitrogens with zero attached hydrogens (tertiary/aromatic N) is 1. The number of rotatable bonds is 3. The summed E-state index contributed by atoms with van der Waals surface area (Å²) in [7, 11) is 0. The monoisotopic (exact) mass is 282 g/mol. The van der Waals surface area contributed by atoms with Gasteiger partial charge in [0.1, 0.15) is 0 Å². The summed E-state index contributed by atoms with van der Waals surface area (Å²) in [4.78, 5) is 2.60. The molecule has 3 rings (SSSR count). The van der Waals surface area contributed by atoms with Crippen molar-refractivity contribution in [2.45, 2.75) is 26.3 Å². The molecule has 2 N–H and O–H groups in total. The molecule has 1 fully saturated rings. The fraction of sp³-hybridized carbons (Fsp3) is 0.474. The van der Waals surface area contributed by atoms with E-state index in [1.165, 1.54) is 29.3 Å². The zero-order chi connectivity index (χ0) is 14.8. The molecule has 21 heavy (non-hydrogen) atoms. The number of fused-ring (bicyclic) bond motifs is 1. The molecule has 1 aliphatic rings. The molecule has 0 aromatic heterocycles. The van der Waals surface area contributed by atoms with Crippen molar-refractivity contribution in [2.75, 3.05) is 19.6 Å². The Kier molecular flexibility index (Phi) is 4.27. The van der Waals surface area contributed by atoms with Gasteiger partial charge < -0.3 is 5.73 Å². The van der Waals surface area contributed by atoms with Crippen molar-refractivity contribution in [2.24, 2.45) is 17.6 Å². The van der Waals surface area contributed by atoms with Gasteiger partial charge in [-0.3, -0.25) is 4.90 Å². The van der Waals surface area contributed by atoms with E-state index in [9.17, 15) is 0 Å². The normalized spacial score (nSPS) is 25.1. The lowest BCUT2D eigenvalue weighted by Crippen LogP contribution is -2.43. The summed E-state index contributed by atoms with van der Waals surface area (Å²) in [5, 5.41) is 2.66. The zero-order valence-electron chi connectivity index (χ0n) is 13.1. The first-order valence-electron chi connectivity index (χ1n) is 8.12. The molecule has 0 amide bonds. The Labute approximate surface area is 127 Å². The lowest BCUT2D eigenvalue weighted by molar-refractivity contribution is 0.0979. The minimum atomic E-state index is 0.469. The molecule has 112 valence electrons. The topological polar surface area (TPSA) is 29.3 Å². The highest BCUT2D eigenvalue weighted by Crippen LogP contribution is 2.30. The third kappa shape index (κ3) is 2.97. The summed E-state index contributed by atoms with van der Waals surface area (Å²) in [5.41, 5.74) is 7.36. The Balaban J connectivity index is 1.81. The maximum absolute atomic E-state index is 5.94. The van der Waals surface area contributed by atoms with E-state index in [4.69, 9.17) is 5.73 Å². The van der Waals surface area contributed by atoms with Crippen LogP contribution in [-0.4, -0.2) is 24.5 Å². The second-order valence-electron chi connectivity index (χ2n) is 6.54. The number of hydrogen-bond donors (Lipinski definition) is 1. The highest BCUT2D eigenvalue weighted by molar-refractivity contribution is 5.83. The van der Waals surface area contributed by atoms with Gasteiger partial charge in [0.25, 0.3) is 0 Å². The van der Waals surface area contributed by atoms with Crippen molar-refractivity contribution < 1.29 is 0 Å². The summed E-state index contributed by atoms with van der Waals surface area (Å²) in [5.74, 6) is 1.40. The number of piperidine rings is 1. The van der Waals surface area contributed by atoms with Crippen molar-refractivity contribution in [1.29, 1.82) is 0 Å². The van der Waals surface area contributed by atoms with Crippen LogP contribution in [0.5, 0.6) is 0 Å². The maximum atomic E-state index is 5.94. The minimum absolute atomic E-state index is 0.469. The first kappa shape index (κ1) is 14.6. The average molecular weight is 282 g/mol. The standard InChI is InChI=1S/C19H26N2/c1-14-9-10-21(13-19(14)12-20)15(2)17-8-7-16-5-3-4-6-18(16)11-17/h3-8,11,14-15,19H,9-10,12-13,20H2,1-2H3. The summed E-state index contributed by atoms with van der Waals surface area (Å²) in [6, 6.07) is 15.9. The van der Waals surface area contributed by atoms with Crippen LogP contribution < -0.4 is 5.73 Å². The first-order chi connectivity index (χ1) is 10.2. The van der Waals surface area contributed by atoms with Gasteiger partial charge in [-0.2, -0.15) is 0 Å². The van der Waals surface area contributed by atoms with Gasteiger partial charge >= 0.3 is 0 Å². The molecule has 0 spiro atoms. The minimum Gasteiger partial charge on any atom is -0.330 e. The molecule has 1 heterocycles. The van der Waals surface area contributed by atoms with Crippen LogP contribution in [0.25, 0.3) is 10.8 Å². The van der Waals surface area contributed by atoms with Crippen molar-refractivity contribution in [3.8, 4) is 0 Å². The van der Waals surface area contributed by atoms with E-state index in [1.54, 1.807) is 0 Å². The molecule has 2 aromatic carbocycles. The Hall–Kier alpha value is -1.38. The first-order valence-corrected chi connectivity index (χ1v) is 8.12. The van der Waals surface area contributed by atoms with Crippen LogP contribution in [-0.2, 0) is 0 Å². The molecule has 2 heteroatoms. The van der Waals surface area contributed by atoms with Crippen LogP contribution in [0.1, 0.15) is 31.9 Å². The Morgan fingerprint density at radius 2 is 1.95 bits per heavy atom. The smallest absolute Gasteiger partial charge is 0.0320 e. The fourth-order valence-electron chi connectivity index (χ4n) is 3.51. The number of likely N-dealkylation sites (tertiary alicyclic amines) is 1. The van der Waals surface area contributed by atoms with Crippen LogP contribution in [0.4, 0.5) is 0 Å². The van der Waals surface area contributed by atoms with E-state index in [-0.39, 0.29) is 0 Å². The molecule has 2 nitrogen and oxygen atoms in total. The molecule has 1 saturated heterocycles. The number of nitrogens with two attached hydrogens (primary N) is 1. The van der Waals surface area contributed by atoms with Gasteiger partial charge in [0.2, 0.25) is 0 Å². The predicted octanol–water partition coefficient (Wildman–Crippen LogP) is 3.82. The maximum Gasteiger partial charge on any atom is 0.0320 e. The zero-order valence-corrected chi connectivity index (χ0v) is 13.1. The van der Waals surface area contributed by atoms with E-state index >= 15 is 0 Å². The lowest BCUT2D eigenvalue weighted by atomic mass is 9.86. The second kappa shape index (κ2) is 6.17. The number of benzene rings is 2. The van der Waals surface area contributed by atoms with Gasteiger partial charge in [0, 0.05) is 12.6 Å². The lowest BCUT2D eigenvalue weighted by Gasteiger charge is -2.40. The Morgan fingerprint density at radius 3 is 2.71 bits per heavy atom. The highest BCUT2D eigenvalue weighted by atomic mass is 15.2. The molecule has 0 saturated carbocycles. The van der Waals surface area contributed by atoms with E-state index in [0.29, 0.717) is 12.0 Å². The van der Waals surface area contributed by atoms with Crippen LogP contribution in [0.2, 0.25) is 0 Å². The van der Waals surface area contributed by atoms with Crippen molar-refractivity contribution in [3.05, 3.63) is 48.0 Å². The highest BCUT2D eigenvalue weighted by Gasteiger charge is 2.28. The van der Waals surface area contributed by atoms with Gasteiger partial charge in [-0.15, -0.1) is 0 Å². The van der Waals surface area contributed by atoms with Gasteiger partial charge in [0.05, 0.1) is 0 Å². The van der Waals surface area contributed by atoms with Crippen LogP contribution in [0.15, 0.2) is 42.5 Å². The molecule has 3 atom stereocenters. The Bertz CT molecular complexity index is 607. The largest absolute Gasteiger partial charge is 0.330 e. The molecule has 0 aliphatic carbocycles. The summed E-state index contributed by atoms with van der Waals surface area (Å²) in [6.07, 6.45) is 1.26. The third-order valence-corrected chi connectivity index (χ3v) is 5.25. The van der Waals surface area contributed by atoms with Gasteiger partial charge in [-0.05, 0) is 60.7 Å². The average Bonchev–Trinajstić information content (AvgIpc) is 2.54. The second-order valence-corrected chi connectivity index (χ2v) is 6.54. The summed E-state index contributed by atoms with van der Waals surface area (Å²) >= 11 is 0. The predicted molar refractivity (Wildman–Crippen MR) is 90.3 cm³/mol. The molecule has 0 radical (unpaired) electrons. The molecular formula is C19H26N2. The molecule has 0 bridgehead atoms. The van der Waals surface area contributed by atoms with E-state index in [2.05, 4.69) is 61.2 Å². The SMILES string of the molecule is CC1CCN(C(C)c2ccc3ccccc3c2)CC1CN. The van der Waals surface area contributed by atoms with Gasteiger partial charge in [-0.1, -0.05) is 43.3 Å². The third-order valence-electron chi connectivity index (χ3n) is 5.25. The van der Waals surface area contributed by atoms with Crippen LogP contribution >= 0.6 is 0 Å². The molecule has 2 aromatic rings. The Morgan fingerprint density at radius 1 is 1.19 bits per heavy atom. The van der Waals surface area contributed by atoms with Crippen LogP contribution in [0, 0.1) is 11.8 Å². The van der Waals surface area contributed by atoms with E-state index in [1.807, 2.05) is 0 Å². The van der Waals surface area contributed by atoms with Crippen molar-refractivity contribution in [1.82, 2.24) is 4.90 Å². The quantitative estimate of drug-likeness (QED) is 0.927. The van der Waals surface area contributed by atoms with Gasteiger partial charge in [-0.25, -0.2) is 0 Å². The summed E-state index contributed by atoms with van der Waals surface area (Å²) < 4.78 is 0. The molecular weight excluding hydrogens is 256 g/mol. The van der Waals surface area contributed by atoms with Crippen molar-refractivity contribution >= 4 is 10.8 Å². The van der Waals surface area contributed by atoms with Gasteiger partial charge in [0.15, 0.2) is 0 Å². The fourth-order valence-corrected chi connectivity index (χ4v) is 3.51. The molecule has 3 unspecified atom stereocenters. The van der Waals surface area contributed by atoms with Crippen molar-refractivity contribution in [3.63, 3.8) is 0 Å². The van der Waals surface area contributed by atoms with Crippen LogP contribution in [0.3, 0.4) is 0 Å². The molecule has 1 aliphatic heterocycles. The summed E-state index contributed by atoms with van der Waals surface area (Å²) in [6.45, 7) is 7.79. The van der Waals surface area contributed by atoms with E-state index in [0.717, 1.165) is 19.0 Å². The van der Waals surface area contributed by atoms with E-state index < -0.39 is 0 Å².